The molecule has 0 atom stereocenters. The second kappa shape index (κ2) is 6.96. The monoisotopic (exact) mass is 362 g/mol. The van der Waals surface area contributed by atoms with Gasteiger partial charge < -0.3 is 14.5 Å². The molecule has 24 heavy (non-hydrogen) atoms. The zero-order valence-corrected chi connectivity index (χ0v) is 15.0. The third kappa shape index (κ3) is 3.06. The van der Waals surface area contributed by atoms with Crippen molar-refractivity contribution in [2.24, 2.45) is 0 Å². The van der Waals surface area contributed by atoms with E-state index in [1.807, 2.05) is 0 Å². The van der Waals surface area contributed by atoms with Crippen molar-refractivity contribution < 1.29 is 4.74 Å². The molecule has 0 aromatic carbocycles. The Morgan fingerprint density at radius 2 is 2.00 bits per heavy atom. The van der Waals surface area contributed by atoms with Gasteiger partial charge in [-0.3, -0.25) is 0 Å². The summed E-state index contributed by atoms with van der Waals surface area (Å²) in [6.45, 7) is 4.36. The van der Waals surface area contributed by atoms with Gasteiger partial charge in [-0.05, 0) is 11.4 Å². The second-order valence-electron chi connectivity index (χ2n) is 5.55. The Kier molecular flexibility index (Phi) is 4.54. The van der Waals surface area contributed by atoms with E-state index in [0.717, 1.165) is 59.6 Å². The van der Waals surface area contributed by atoms with Crippen LogP contribution in [-0.4, -0.2) is 59.2 Å². The number of methoxy groups -OCH3 is 1. The van der Waals surface area contributed by atoms with Crippen LogP contribution in [0.25, 0.3) is 10.2 Å². The van der Waals surface area contributed by atoms with Gasteiger partial charge in [0.15, 0.2) is 0 Å². The minimum Gasteiger partial charge on any atom is -0.384 e. The van der Waals surface area contributed by atoms with Crippen molar-refractivity contribution in [2.75, 3.05) is 49.7 Å². The summed E-state index contributed by atoms with van der Waals surface area (Å²) >= 11 is 3.13. The molecule has 0 saturated carbocycles. The predicted octanol–water partition coefficient (Wildman–Crippen LogP) is 2.06. The molecule has 126 valence electrons. The molecule has 1 fully saturated rings. The summed E-state index contributed by atoms with van der Waals surface area (Å²) in [5, 5.41) is 4.22. The van der Waals surface area contributed by atoms with Crippen molar-refractivity contribution in [2.45, 2.75) is 6.42 Å². The molecule has 9 heteroatoms. The fourth-order valence-corrected chi connectivity index (χ4v) is 4.30. The average Bonchev–Trinajstić information content (AvgIpc) is 3.29. The normalized spacial score (nSPS) is 15.4. The first kappa shape index (κ1) is 15.7. The number of thiophene rings is 1. The highest BCUT2D eigenvalue weighted by Gasteiger charge is 2.22. The van der Waals surface area contributed by atoms with Crippen LogP contribution in [-0.2, 0) is 11.2 Å². The maximum absolute atomic E-state index is 5.09. The molecule has 1 saturated heterocycles. The topological polar surface area (TPSA) is 67.3 Å². The van der Waals surface area contributed by atoms with E-state index in [-0.39, 0.29) is 0 Å². The number of nitrogens with zero attached hydrogens (tertiary/aromatic N) is 6. The Hall–Kier alpha value is -1.84. The number of hydrogen-bond donors (Lipinski definition) is 0. The van der Waals surface area contributed by atoms with Crippen LogP contribution < -0.4 is 9.80 Å². The van der Waals surface area contributed by atoms with E-state index < -0.39 is 0 Å². The number of rotatable bonds is 5. The van der Waals surface area contributed by atoms with Gasteiger partial charge in [0.2, 0.25) is 5.13 Å². The Balaban J connectivity index is 1.43. The lowest BCUT2D eigenvalue weighted by atomic mass is 10.3. The van der Waals surface area contributed by atoms with Gasteiger partial charge in [0.25, 0.3) is 0 Å². The van der Waals surface area contributed by atoms with Crippen LogP contribution in [0, 0.1) is 0 Å². The summed E-state index contributed by atoms with van der Waals surface area (Å²) in [5.41, 5.74) is 0. The number of fused-ring (bicyclic) bond motifs is 1. The van der Waals surface area contributed by atoms with Crippen molar-refractivity contribution in [1.29, 1.82) is 0 Å². The molecule has 1 aliphatic heterocycles. The van der Waals surface area contributed by atoms with Crippen LogP contribution in [0.5, 0.6) is 0 Å². The van der Waals surface area contributed by atoms with Crippen molar-refractivity contribution in [3.8, 4) is 0 Å². The molecule has 0 bridgehead atoms. The molecule has 7 nitrogen and oxygen atoms in total. The van der Waals surface area contributed by atoms with Gasteiger partial charge in [-0.25, -0.2) is 15.0 Å². The third-order valence-corrected chi connectivity index (χ3v) is 5.71. The van der Waals surface area contributed by atoms with Crippen molar-refractivity contribution in [3.05, 3.63) is 23.6 Å². The predicted molar refractivity (Wildman–Crippen MR) is 97.3 cm³/mol. The zero-order chi connectivity index (χ0) is 16.4. The Bertz CT molecular complexity index is 811. The molecule has 4 rings (SSSR count). The van der Waals surface area contributed by atoms with E-state index in [9.17, 15) is 0 Å². The van der Waals surface area contributed by atoms with Gasteiger partial charge >= 0.3 is 0 Å². The second-order valence-corrected chi connectivity index (χ2v) is 7.17. The number of anilines is 2. The molecule has 1 aliphatic rings. The van der Waals surface area contributed by atoms with Gasteiger partial charge in [-0.1, -0.05) is 0 Å². The fourth-order valence-electron chi connectivity index (χ4n) is 2.81. The quantitative estimate of drug-likeness (QED) is 0.688. The standard InChI is InChI=1S/C15H18N6OS2/c1-22-8-2-12-18-15(24-19-12)21-6-4-20(5-7-21)13-11-3-9-23-14(11)17-10-16-13/h3,9-10H,2,4-8H2,1H3. The summed E-state index contributed by atoms with van der Waals surface area (Å²) in [4.78, 5) is 19.1. The summed E-state index contributed by atoms with van der Waals surface area (Å²) < 4.78 is 9.50. The van der Waals surface area contributed by atoms with E-state index in [1.165, 1.54) is 11.5 Å². The van der Waals surface area contributed by atoms with E-state index >= 15 is 0 Å². The lowest BCUT2D eigenvalue weighted by Gasteiger charge is -2.35. The Morgan fingerprint density at radius 3 is 2.83 bits per heavy atom. The molecule has 0 spiro atoms. The zero-order valence-electron chi connectivity index (χ0n) is 13.4. The lowest BCUT2D eigenvalue weighted by Crippen LogP contribution is -2.46. The molecule has 3 aromatic rings. The highest BCUT2D eigenvalue weighted by molar-refractivity contribution is 7.16. The first-order valence-corrected chi connectivity index (χ1v) is 9.50. The molecule has 4 heterocycles. The number of aromatic nitrogens is 4. The van der Waals surface area contributed by atoms with E-state index in [4.69, 9.17) is 4.74 Å². The smallest absolute Gasteiger partial charge is 0.205 e. The minimum absolute atomic E-state index is 0.661. The average molecular weight is 362 g/mol. The van der Waals surface area contributed by atoms with E-state index in [0.29, 0.717) is 6.61 Å². The molecule has 0 aliphatic carbocycles. The number of ether oxygens (including phenoxy) is 1. The summed E-state index contributed by atoms with van der Waals surface area (Å²) in [6, 6.07) is 2.11. The summed E-state index contributed by atoms with van der Waals surface area (Å²) in [6.07, 6.45) is 2.43. The largest absolute Gasteiger partial charge is 0.384 e. The maximum Gasteiger partial charge on any atom is 0.205 e. The van der Waals surface area contributed by atoms with Crippen molar-refractivity contribution >= 4 is 44.0 Å². The van der Waals surface area contributed by atoms with Crippen LogP contribution in [0.1, 0.15) is 5.82 Å². The highest BCUT2D eigenvalue weighted by atomic mass is 32.1. The van der Waals surface area contributed by atoms with Crippen LogP contribution in [0.4, 0.5) is 10.9 Å². The Morgan fingerprint density at radius 1 is 1.17 bits per heavy atom. The summed E-state index contributed by atoms with van der Waals surface area (Å²) in [5.74, 6) is 1.91. The molecule has 0 unspecified atom stereocenters. The molecule has 0 N–H and O–H groups in total. The van der Waals surface area contributed by atoms with Gasteiger partial charge in [0.05, 0.1) is 12.0 Å². The number of piperazine rings is 1. The maximum atomic E-state index is 5.09. The van der Waals surface area contributed by atoms with E-state index in [2.05, 4.69) is 40.6 Å². The van der Waals surface area contributed by atoms with E-state index in [1.54, 1.807) is 24.8 Å². The number of hydrogen-bond acceptors (Lipinski definition) is 9. The molecule has 3 aromatic heterocycles. The van der Waals surface area contributed by atoms with Gasteiger partial charge in [0, 0.05) is 51.2 Å². The highest BCUT2D eigenvalue weighted by Crippen LogP contribution is 2.28. The lowest BCUT2D eigenvalue weighted by molar-refractivity contribution is 0.201. The van der Waals surface area contributed by atoms with Gasteiger partial charge in [-0.15, -0.1) is 11.3 Å². The van der Waals surface area contributed by atoms with Crippen LogP contribution in [0.15, 0.2) is 17.8 Å². The molecular formula is C15H18N6OS2. The first-order valence-electron chi connectivity index (χ1n) is 7.85. The van der Waals surface area contributed by atoms with Crippen LogP contribution >= 0.6 is 22.9 Å². The molecule has 0 radical (unpaired) electrons. The van der Waals surface area contributed by atoms with Gasteiger partial charge in [0.1, 0.15) is 22.8 Å². The molecular weight excluding hydrogens is 344 g/mol. The van der Waals surface area contributed by atoms with Crippen LogP contribution in [0.2, 0.25) is 0 Å². The van der Waals surface area contributed by atoms with Gasteiger partial charge in [-0.2, -0.15) is 4.37 Å². The SMILES string of the molecule is COCCc1nsc(N2CCN(c3ncnc4sccc34)CC2)n1. The minimum atomic E-state index is 0.661. The third-order valence-electron chi connectivity index (χ3n) is 4.08. The first-order chi connectivity index (χ1) is 11.8. The summed E-state index contributed by atoms with van der Waals surface area (Å²) in [7, 11) is 1.70. The Labute approximate surface area is 148 Å². The van der Waals surface area contributed by atoms with Crippen molar-refractivity contribution in [1.82, 2.24) is 19.3 Å². The van der Waals surface area contributed by atoms with Crippen molar-refractivity contribution in [3.63, 3.8) is 0 Å². The fraction of sp³-hybridized carbons (Fsp3) is 0.467. The van der Waals surface area contributed by atoms with Crippen LogP contribution in [0.3, 0.4) is 0 Å². The molecule has 0 amide bonds.